The summed E-state index contributed by atoms with van der Waals surface area (Å²) in [4.78, 5) is 2.63. The largest absolute Gasteiger partial charge is 0.494 e. The second-order valence-corrected chi connectivity index (χ2v) is 7.01. The molecule has 24 heavy (non-hydrogen) atoms. The van der Waals surface area contributed by atoms with E-state index >= 15 is 0 Å². The molecule has 1 aliphatic heterocycles. The lowest BCUT2D eigenvalue weighted by Crippen LogP contribution is -2.41. The highest BCUT2D eigenvalue weighted by molar-refractivity contribution is 6.62. The topological polar surface area (TPSA) is 108 Å². The predicted molar refractivity (Wildman–Crippen MR) is 91.8 cm³/mol. The molecule has 1 heterocycles. The van der Waals surface area contributed by atoms with Crippen molar-refractivity contribution in [1.82, 2.24) is 0 Å². The van der Waals surface area contributed by atoms with Crippen LogP contribution in [-0.4, -0.2) is 41.2 Å². The Morgan fingerprint density at radius 3 is 2.42 bits per heavy atom. The molecule has 8 heteroatoms. The molecule has 1 fully saturated rings. The number of hydrogen-bond donors (Lipinski definition) is 2. The van der Waals surface area contributed by atoms with Crippen molar-refractivity contribution in [1.29, 1.82) is 0 Å². The van der Waals surface area contributed by atoms with E-state index in [-0.39, 0.29) is 13.0 Å². The van der Waals surface area contributed by atoms with Crippen LogP contribution in [0.4, 0.5) is 0 Å². The third-order valence-corrected chi connectivity index (χ3v) is 4.73. The quantitative estimate of drug-likeness (QED) is 0.360. The van der Waals surface area contributed by atoms with Crippen LogP contribution in [0, 0.1) is 0 Å². The standard InChI is InChI=1S/C16H24BN3O4/c1-15(2)16(3,4)24-17(23-15)12-7-5-6-11(10-12)14(22)13(21)8-9-19-20-18/h5-7,10,13-14,21-22H,8-9H2,1-4H3. The summed E-state index contributed by atoms with van der Waals surface area (Å²) < 4.78 is 12.0. The second kappa shape index (κ2) is 7.13. The highest BCUT2D eigenvalue weighted by atomic mass is 16.7. The summed E-state index contributed by atoms with van der Waals surface area (Å²) in [6.45, 7) is 8.04. The molecule has 0 saturated carbocycles. The van der Waals surface area contributed by atoms with E-state index in [1.165, 1.54) is 0 Å². The molecule has 7 nitrogen and oxygen atoms in total. The summed E-state index contributed by atoms with van der Waals surface area (Å²) >= 11 is 0. The average molecular weight is 333 g/mol. The van der Waals surface area contributed by atoms with E-state index in [9.17, 15) is 10.2 Å². The Labute approximate surface area is 142 Å². The van der Waals surface area contributed by atoms with Crippen LogP contribution < -0.4 is 5.46 Å². The molecule has 130 valence electrons. The van der Waals surface area contributed by atoms with Crippen LogP contribution in [0.5, 0.6) is 0 Å². The molecule has 0 aromatic heterocycles. The zero-order chi connectivity index (χ0) is 18.0. The van der Waals surface area contributed by atoms with E-state index in [1.807, 2.05) is 33.8 Å². The molecular formula is C16H24BN3O4. The fraction of sp³-hybridized carbons (Fsp3) is 0.625. The van der Waals surface area contributed by atoms with Crippen molar-refractivity contribution in [3.05, 3.63) is 40.3 Å². The number of aliphatic hydroxyl groups excluding tert-OH is 2. The molecule has 0 aliphatic carbocycles. The number of nitrogens with zero attached hydrogens (tertiary/aromatic N) is 3. The minimum absolute atomic E-state index is 0.131. The molecule has 0 amide bonds. The van der Waals surface area contributed by atoms with Crippen LogP contribution in [-0.2, 0) is 9.31 Å². The number of aliphatic hydroxyl groups is 2. The summed E-state index contributed by atoms with van der Waals surface area (Å²) in [7, 11) is -0.525. The van der Waals surface area contributed by atoms with Crippen molar-refractivity contribution in [2.24, 2.45) is 5.11 Å². The van der Waals surface area contributed by atoms with Gasteiger partial charge in [0, 0.05) is 11.5 Å². The highest BCUT2D eigenvalue weighted by Crippen LogP contribution is 2.36. The number of rotatable bonds is 6. The van der Waals surface area contributed by atoms with E-state index < -0.39 is 30.5 Å². The lowest BCUT2D eigenvalue weighted by atomic mass is 9.78. The van der Waals surface area contributed by atoms with Crippen LogP contribution in [0.3, 0.4) is 0 Å². The number of benzene rings is 1. The monoisotopic (exact) mass is 333 g/mol. The van der Waals surface area contributed by atoms with Gasteiger partial charge < -0.3 is 19.5 Å². The van der Waals surface area contributed by atoms with Gasteiger partial charge in [0.25, 0.3) is 0 Å². The van der Waals surface area contributed by atoms with Crippen molar-refractivity contribution in [2.45, 2.75) is 57.5 Å². The normalized spacial score (nSPS) is 21.2. The molecule has 1 aromatic rings. The first-order chi connectivity index (χ1) is 11.2. The van der Waals surface area contributed by atoms with Crippen molar-refractivity contribution in [2.75, 3.05) is 6.54 Å². The van der Waals surface area contributed by atoms with Gasteiger partial charge in [-0.05, 0) is 50.7 Å². The van der Waals surface area contributed by atoms with Gasteiger partial charge in [-0.1, -0.05) is 29.4 Å². The minimum Gasteiger partial charge on any atom is -0.399 e. The third kappa shape index (κ3) is 3.91. The summed E-state index contributed by atoms with van der Waals surface area (Å²) in [5.74, 6) is 0. The van der Waals surface area contributed by atoms with Crippen molar-refractivity contribution < 1.29 is 19.5 Å². The van der Waals surface area contributed by atoms with Gasteiger partial charge >= 0.3 is 7.12 Å². The first-order valence-corrected chi connectivity index (χ1v) is 8.00. The maximum Gasteiger partial charge on any atom is 0.494 e. The van der Waals surface area contributed by atoms with Gasteiger partial charge in [-0.2, -0.15) is 0 Å². The van der Waals surface area contributed by atoms with E-state index in [0.29, 0.717) is 5.56 Å². The van der Waals surface area contributed by atoms with Gasteiger partial charge in [0.15, 0.2) is 0 Å². The molecule has 1 aromatic carbocycles. The van der Waals surface area contributed by atoms with Crippen molar-refractivity contribution in [3.8, 4) is 0 Å². The fourth-order valence-corrected chi connectivity index (χ4v) is 2.48. The van der Waals surface area contributed by atoms with E-state index in [1.54, 1.807) is 18.2 Å². The highest BCUT2D eigenvalue weighted by Gasteiger charge is 2.51. The van der Waals surface area contributed by atoms with Crippen LogP contribution >= 0.6 is 0 Å². The van der Waals surface area contributed by atoms with Crippen LogP contribution in [0.2, 0.25) is 0 Å². The first kappa shape index (κ1) is 18.8. The Bertz CT molecular complexity index is 616. The number of hydrogen-bond acceptors (Lipinski definition) is 5. The smallest absolute Gasteiger partial charge is 0.399 e. The Morgan fingerprint density at radius 2 is 1.83 bits per heavy atom. The molecule has 2 unspecified atom stereocenters. The Hall–Kier alpha value is -1.57. The van der Waals surface area contributed by atoms with Gasteiger partial charge in [0.2, 0.25) is 0 Å². The van der Waals surface area contributed by atoms with Crippen molar-refractivity contribution >= 4 is 12.6 Å². The first-order valence-electron chi connectivity index (χ1n) is 8.00. The summed E-state index contributed by atoms with van der Waals surface area (Å²) in [5.41, 5.74) is 8.73. The van der Waals surface area contributed by atoms with Crippen molar-refractivity contribution in [3.63, 3.8) is 0 Å². The zero-order valence-corrected chi connectivity index (χ0v) is 14.5. The Morgan fingerprint density at radius 1 is 1.21 bits per heavy atom. The predicted octanol–water partition coefficient (Wildman–Crippen LogP) is 2.08. The van der Waals surface area contributed by atoms with Gasteiger partial charge in [0.05, 0.1) is 17.3 Å². The van der Waals surface area contributed by atoms with Crippen LogP contribution in [0.1, 0.15) is 45.8 Å². The second-order valence-electron chi connectivity index (χ2n) is 7.01. The maximum atomic E-state index is 10.3. The Kier molecular flexibility index (Phi) is 5.57. The molecule has 0 radical (unpaired) electrons. The van der Waals surface area contributed by atoms with Gasteiger partial charge in [-0.3, -0.25) is 0 Å². The van der Waals surface area contributed by atoms with E-state index in [0.717, 1.165) is 5.46 Å². The van der Waals surface area contributed by atoms with Gasteiger partial charge in [0.1, 0.15) is 6.10 Å². The Balaban J connectivity index is 2.13. The lowest BCUT2D eigenvalue weighted by molar-refractivity contribution is 0.00578. The zero-order valence-electron chi connectivity index (χ0n) is 14.5. The molecule has 0 bridgehead atoms. The van der Waals surface area contributed by atoms with Crippen LogP contribution in [0.25, 0.3) is 10.4 Å². The lowest BCUT2D eigenvalue weighted by Gasteiger charge is -2.32. The molecule has 2 rings (SSSR count). The summed E-state index contributed by atoms with van der Waals surface area (Å²) in [6.07, 6.45) is -1.89. The molecule has 1 saturated heterocycles. The number of azide groups is 1. The molecule has 1 aliphatic rings. The van der Waals surface area contributed by atoms with Gasteiger partial charge in [-0.15, -0.1) is 0 Å². The summed E-state index contributed by atoms with van der Waals surface area (Å²) in [5, 5.41) is 23.7. The molecular weight excluding hydrogens is 309 g/mol. The summed E-state index contributed by atoms with van der Waals surface area (Å²) in [6, 6.07) is 7.16. The maximum absolute atomic E-state index is 10.3. The minimum atomic E-state index is -1.07. The SMILES string of the molecule is CC1(C)OB(c2cccc(C(O)C(O)CCN=[N+]=[N-])c2)OC1(C)C. The van der Waals surface area contributed by atoms with E-state index in [4.69, 9.17) is 14.8 Å². The molecule has 0 spiro atoms. The van der Waals surface area contributed by atoms with Crippen LogP contribution in [0.15, 0.2) is 29.4 Å². The molecule has 2 atom stereocenters. The average Bonchev–Trinajstić information content (AvgIpc) is 2.75. The van der Waals surface area contributed by atoms with E-state index in [2.05, 4.69) is 10.0 Å². The third-order valence-electron chi connectivity index (χ3n) is 4.73. The fourth-order valence-electron chi connectivity index (χ4n) is 2.48. The molecule has 2 N–H and O–H groups in total. The van der Waals surface area contributed by atoms with Gasteiger partial charge in [-0.25, -0.2) is 0 Å².